The van der Waals surface area contributed by atoms with E-state index in [9.17, 15) is 8.42 Å². The first-order chi connectivity index (χ1) is 10.0. The van der Waals surface area contributed by atoms with Crippen molar-refractivity contribution in [2.45, 2.75) is 37.2 Å². The van der Waals surface area contributed by atoms with E-state index in [0.717, 1.165) is 29.8 Å². The first-order valence-electron chi connectivity index (χ1n) is 6.90. The van der Waals surface area contributed by atoms with Crippen molar-refractivity contribution < 1.29 is 8.42 Å². The minimum Gasteiger partial charge on any atom is -0.381 e. The van der Waals surface area contributed by atoms with Crippen molar-refractivity contribution in [3.8, 4) is 0 Å². The predicted molar refractivity (Wildman–Crippen MR) is 80.4 cm³/mol. The van der Waals surface area contributed by atoms with E-state index in [1.54, 1.807) is 30.5 Å². The Morgan fingerprint density at radius 1 is 1.29 bits per heavy atom. The van der Waals surface area contributed by atoms with E-state index in [1.807, 2.05) is 6.92 Å². The van der Waals surface area contributed by atoms with Crippen molar-refractivity contribution in [2.24, 2.45) is 0 Å². The molecule has 6 nitrogen and oxygen atoms in total. The van der Waals surface area contributed by atoms with Gasteiger partial charge in [-0.25, -0.2) is 13.1 Å². The van der Waals surface area contributed by atoms with E-state index in [-0.39, 0.29) is 6.04 Å². The summed E-state index contributed by atoms with van der Waals surface area (Å²) in [7, 11) is -3.37. The van der Waals surface area contributed by atoms with E-state index in [2.05, 4.69) is 20.2 Å². The lowest BCUT2D eigenvalue weighted by Crippen LogP contribution is -2.25. The Balaban J connectivity index is 1.65. The standard InChI is InChI=1S/C14H18N4O2S/c1-10-11(9-16-17-10)8-15-12-4-6-14(7-5-12)21(19,20)18-13-2-3-13/h4-7,9,13,15,18H,2-3,8H2,1H3,(H,16,17). The quantitative estimate of drug-likeness (QED) is 0.759. The highest BCUT2D eigenvalue weighted by molar-refractivity contribution is 7.89. The van der Waals surface area contributed by atoms with Crippen molar-refractivity contribution in [3.63, 3.8) is 0 Å². The molecule has 1 heterocycles. The molecule has 112 valence electrons. The maximum absolute atomic E-state index is 12.0. The van der Waals surface area contributed by atoms with E-state index >= 15 is 0 Å². The van der Waals surface area contributed by atoms with Gasteiger partial charge in [0.25, 0.3) is 0 Å². The van der Waals surface area contributed by atoms with Crippen LogP contribution in [0.3, 0.4) is 0 Å². The molecule has 3 rings (SSSR count). The monoisotopic (exact) mass is 306 g/mol. The topological polar surface area (TPSA) is 86.9 Å². The zero-order chi connectivity index (χ0) is 14.9. The number of aryl methyl sites for hydroxylation is 1. The Morgan fingerprint density at radius 3 is 2.57 bits per heavy atom. The first kappa shape index (κ1) is 14.1. The average Bonchev–Trinajstić information content (AvgIpc) is 3.16. The van der Waals surface area contributed by atoms with Crippen LogP contribution in [0.25, 0.3) is 0 Å². The van der Waals surface area contributed by atoms with Crippen LogP contribution in [0, 0.1) is 6.92 Å². The summed E-state index contributed by atoms with van der Waals surface area (Å²) in [5.41, 5.74) is 2.98. The van der Waals surface area contributed by atoms with Gasteiger partial charge >= 0.3 is 0 Å². The largest absolute Gasteiger partial charge is 0.381 e. The Labute approximate surface area is 124 Å². The lowest BCUT2D eigenvalue weighted by atomic mass is 10.2. The van der Waals surface area contributed by atoms with Gasteiger partial charge in [-0.05, 0) is 44.0 Å². The van der Waals surface area contributed by atoms with Crippen LogP contribution in [0.4, 0.5) is 5.69 Å². The van der Waals surface area contributed by atoms with Crippen molar-refractivity contribution >= 4 is 15.7 Å². The fraction of sp³-hybridized carbons (Fsp3) is 0.357. The molecule has 3 N–H and O–H groups in total. The van der Waals surface area contributed by atoms with Crippen molar-refractivity contribution in [1.82, 2.24) is 14.9 Å². The van der Waals surface area contributed by atoms with Gasteiger partial charge < -0.3 is 5.32 Å². The van der Waals surface area contributed by atoms with Crippen LogP contribution < -0.4 is 10.0 Å². The highest BCUT2D eigenvalue weighted by Crippen LogP contribution is 2.23. The minimum atomic E-state index is -3.37. The summed E-state index contributed by atoms with van der Waals surface area (Å²) in [4.78, 5) is 0.305. The molecule has 1 aromatic heterocycles. The molecule has 1 aliphatic rings. The Kier molecular flexibility index (Phi) is 3.69. The van der Waals surface area contributed by atoms with Gasteiger partial charge in [-0.15, -0.1) is 0 Å². The molecule has 1 aromatic carbocycles. The maximum Gasteiger partial charge on any atom is 0.240 e. The second-order valence-corrected chi connectivity index (χ2v) is 7.01. The van der Waals surface area contributed by atoms with Crippen LogP contribution in [0.2, 0.25) is 0 Å². The zero-order valence-corrected chi connectivity index (χ0v) is 12.6. The summed E-state index contributed by atoms with van der Waals surface area (Å²) in [6.07, 6.45) is 3.65. The van der Waals surface area contributed by atoms with E-state index in [0.29, 0.717) is 11.4 Å². The molecule has 0 spiro atoms. The highest BCUT2D eigenvalue weighted by atomic mass is 32.2. The molecular formula is C14H18N4O2S. The molecule has 2 aromatic rings. The van der Waals surface area contributed by atoms with Crippen LogP contribution in [-0.4, -0.2) is 24.7 Å². The number of hydrogen-bond acceptors (Lipinski definition) is 4. The maximum atomic E-state index is 12.0. The number of aromatic nitrogens is 2. The van der Waals surface area contributed by atoms with E-state index in [1.165, 1.54) is 0 Å². The van der Waals surface area contributed by atoms with Gasteiger partial charge in [0, 0.05) is 29.5 Å². The lowest BCUT2D eigenvalue weighted by Gasteiger charge is -2.08. The molecule has 0 unspecified atom stereocenters. The molecular weight excluding hydrogens is 288 g/mol. The normalized spacial score (nSPS) is 15.1. The molecule has 0 radical (unpaired) electrons. The number of nitrogens with one attached hydrogen (secondary N) is 3. The van der Waals surface area contributed by atoms with Gasteiger partial charge in [0.2, 0.25) is 10.0 Å². The molecule has 1 saturated carbocycles. The number of sulfonamides is 1. The average molecular weight is 306 g/mol. The third-order valence-corrected chi connectivity index (χ3v) is 5.02. The van der Waals surface area contributed by atoms with Crippen LogP contribution >= 0.6 is 0 Å². The molecule has 0 aliphatic heterocycles. The van der Waals surface area contributed by atoms with Crippen molar-refractivity contribution in [3.05, 3.63) is 41.7 Å². The highest BCUT2D eigenvalue weighted by Gasteiger charge is 2.27. The SMILES string of the molecule is Cc1[nH]ncc1CNc1ccc(S(=O)(=O)NC2CC2)cc1. The van der Waals surface area contributed by atoms with Gasteiger partial charge in [0.1, 0.15) is 0 Å². The zero-order valence-electron chi connectivity index (χ0n) is 11.8. The van der Waals surface area contributed by atoms with Gasteiger partial charge in [-0.3, -0.25) is 5.10 Å². The number of rotatable bonds is 6. The van der Waals surface area contributed by atoms with Gasteiger partial charge in [0.05, 0.1) is 11.1 Å². The number of benzene rings is 1. The summed E-state index contributed by atoms with van der Waals surface area (Å²) in [5, 5.41) is 10.1. The molecule has 0 saturated heterocycles. The van der Waals surface area contributed by atoms with Crippen molar-refractivity contribution in [2.75, 3.05) is 5.32 Å². The third-order valence-electron chi connectivity index (χ3n) is 3.48. The second kappa shape index (κ2) is 5.50. The fourth-order valence-electron chi connectivity index (χ4n) is 1.99. The molecule has 7 heteroatoms. The fourth-order valence-corrected chi connectivity index (χ4v) is 3.30. The molecule has 0 amide bonds. The lowest BCUT2D eigenvalue weighted by molar-refractivity contribution is 0.581. The second-order valence-electron chi connectivity index (χ2n) is 5.29. The first-order valence-corrected chi connectivity index (χ1v) is 8.38. The van der Waals surface area contributed by atoms with Crippen LogP contribution in [0.1, 0.15) is 24.1 Å². The molecule has 1 aliphatic carbocycles. The summed E-state index contributed by atoms with van der Waals surface area (Å²) < 4.78 is 26.7. The summed E-state index contributed by atoms with van der Waals surface area (Å²) in [6, 6.07) is 6.91. The minimum absolute atomic E-state index is 0.122. The number of H-pyrrole nitrogens is 1. The van der Waals surface area contributed by atoms with Gasteiger partial charge in [-0.2, -0.15) is 5.10 Å². The Bertz CT molecular complexity index is 718. The van der Waals surface area contributed by atoms with E-state index in [4.69, 9.17) is 0 Å². The molecule has 0 atom stereocenters. The summed E-state index contributed by atoms with van der Waals surface area (Å²) in [5.74, 6) is 0. The number of anilines is 1. The molecule has 21 heavy (non-hydrogen) atoms. The number of hydrogen-bond donors (Lipinski definition) is 3. The Morgan fingerprint density at radius 2 is 2.00 bits per heavy atom. The van der Waals surface area contributed by atoms with Gasteiger partial charge in [0.15, 0.2) is 0 Å². The van der Waals surface area contributed by atoms with Gasteiger partial charge in [-0.1, -0.05) is 0 Å². The Hall–Kier alpha value is -1.86. The van der Waals surface area contributed by atoms with Crippen LogP contribution in [0.15, 0.2) is 35.4 Å². The summed E-state index contributed by atoms with van der Waals surface area (Å²) >= 11 is 0. The smallest absolute Gasteiger partial charge is 0.240 e. The number of aromatic amines is 1. The predicted octanol–water partition coefficient (Wildman–Crippen LogP) is 1.77. The number of nitrogens with zero attached hydrogens (tertiary/aromatic N) is 1. The van der Waals surface area contributed by atoms with Crippen LogP contribution in [0.5, 0.6) is 0 Å². The molecule has 1 fully saturated rings. The third kappa shape index (κ3) is 3.43. The molecule has 0 bridgehead atoms. The van der Waals surface area contributed by atoms with Crippen molar-refractivity contribution in [1.29, 1.82) is 0 Å². The van der Waals surface area contributed by atoms with E-state index < -0.39 is 10.0 Å². The van der Waals surface area contributed by atoms with Crippen LogP contribution in [-0.2, 0) is 16.6 Å². The summed E-state index contributed by atoms with van der Waals surface area (Å²) in [6.45, 7) is 2.61.